The van der Waals surface area contributed by atoms with E-state index in [4.69, 9.17) is 10.7 Å². The molecule has 1 aromatic carbocycles. The Kier molecular flexibility index (Phi) is 7.86. The van der Waals surface area contributed by atoms with Crippen LogP contribution in [-0.4, -0.2) is 17.7 Å². The van der Waals surface area contributed by atoms with Crippen LogP contribution in [0.3, 0.4) is 0 Å². The van der Waals surface area contributed by atoms with Gasteiger partial charge in [-0.1, -0.05) is 57.2 Å². The number of hydroxylamine groups is 1. The molecule has 19 heavy (non-hydrogen) atoms. The molecule has 0 heterocycles. The topological polar surface area (TPSA) is 55.6 Å². The molecular weight excluding hydrogens is 240 g/mol. The van der Waals surface area contributed by atoms with E-state index in [-0.39, 0.29) is 5.91 Å². The number of nitrogens with zero attached hydrogens (tertiary/aromatic N) is 1. The van der Waals surface area contributed by atoms with Gasteiger partial charge in [0.25, 0.3) is 5.91 Å². The Bertz CT molecular complexity index is 354. The number of hydrogen-bond donors (Lipinski definition) is 1. The van der Waals surface area contributed by atoms with Crippen LogP contribution in [0.4, 0.5) is 0 Å². The number of hydrogen-bond acceptors (Lipinski definition) is 3. The third-order valence-electron chi connectivity index (χ3n) is 2.95. The number of amides is 1. The van der Waals surface area contributed by atoms with Crippen LogP contribution in [0.15, 0.2) is 30.3 Å². The molecule has 0 atom stereocenters. The quantitative estimate of drug-likeness (QED) is 0.322. The molecule has 1 rings (SSSR count). The smallest absolute Gasteiger partial charge is 0.265 e. The maximum absolute atomic E-state index is 11.8. The van der Waals surface area contributed by atoms with E-state index < -0.39 is 0 Å². The van der Waals surface area contributed by atoms with Crippen molar-refractivity contribution < 1.29 is 9.63 Å². The molecule has 1 amide bonds. The molecule has 0 spiro atoms. The molecule has 0 fully saturated rings. The lowest BCUT2D eigenvalue weighted by atomic mass is 10.1. The number of unbranched alkanes of at least 4 members (excludes halogenated alkanes) is 5. The largest absolute Gasteiger partial charge is 0.292 e. The lowest BCUT2D eigenvalue weighted by molar-refractivity contribution is -0.126. The van der Waals surface area contributed by atoms with E-state index in [9.17, 15) is 4.79 Å². The molecule has 0 aliphatic carbocycles. The summed E-state index contributed by atoms with van der Waals surface area (Å²) in [4.78, 5) is 17.1. The zero-order valence-corrected chi connectivity index (χ0v) is 11.7. The van der Waals surface area contributed by atoms with Crippen LogP contribution in [0.2, 0.25) is 0 Å². The SMILES string of the molecule is CCCCCCCCON(N)C(=O)c1ccccc1. The Labute approximate surface area is 115 Å². The van der Waals surface area contributed by atoms with Crippen LogP contribution < -0.4 is 5.84 Å². The Balaban J connectivity index is 2.14. The molecule has 0 unspecified atom stereocenters. The fourth-order valence-corrected chi connectivity index (χ4v) is 1.81. The summed E-state index contributed by atoms with van der Waals surface area (Å²) >= 11 is 0. The zero-order valence-electron chi connectivity index (χ0n) is 11.7. The van der Waals surface area contributed by atoms with Gasteiger partial charge in [0.15, 0.2) is 0 Å². The second-order valence-corrected chi connectivity index (χ2v) is 4.60. The van der Waals surface area contributed by atoms with E-state index in [1.807, 2.05) is 6.07 Å². The monoisotopic (exact) mass is 264 g/mol. The van der Waals surface area contributed by atoms with Crippen molar-refractivity contribution >= 4 is 5.91 Å². The molecule has 0 saturated heterocycles. The van der Waals surface area contributed by atoms with Crippen molar-refractivity contribution in [3.05, 3.63) is 35.9 Å². The third-order valence-corrected chi connectivity index (χ3v) is 2.95. The van der Waals surface area contributed by atoms with Crippen molar-refractivity contribution in [1.82, 2.24) is 5.17 Å². The van der Waals surface area contributed by atoms with E-state index in [0.717, 1.165) is 18.0 Å². The Morgan fingerprint density at radius 3 is 2.42 bits per heavy atom. The highest BCUT2D eigenvalue weighted by molar-refractivity contribution is 5.93. The minimum Gasteiger partial charge on any atom is -0.265 e. The van der Waals surface area contributed by atoms with Gasteiger partial charge in [-0.2, -0.15) is 0 Å². The van der Waals surface area contributed by atoms with Crippen LogP contribution >= 0.6 is 0 Å². The lowest BCUT2D eigenvalue weighted by Gasteiger charge is -2.15. The zero-order chi connectivity index (χ0) is 13.9. The van der Waals surface area contributed by atoms with Gasteiger partial charge in [-0.25, -0.2) is 5.84 Å². The molecule has 4 nitrogen and oxygen atoms in total. The Morgan fingerprint density at radius 1 is 1.11 bits per heavy atom. The summed E-state index contributed by atoms with van der Waals surface area (Å²) in [5.41, 5.74) is 0.535. The number of benzene rings is 1. The Morgan fingerprint density at radius 2 is 1.74 bits per heavy atom. The second-order valence-electron chi connectivity index (χ2n) is 4.60. The van der Waals surface area contributed by atoms with Gasteiger partial charge in [-0.3, -0.25) is 9.63 Å². The van der Waals surface area contributed by atoms with Gasteiger partial charge < -0.3 is 0 Å². The first-order valence-electron chi connectivity index (χ1n) is 7.02. The third kappa shape index (κ3) is 6.36. The van der Waals surface area contributed by atoms with Gasteiger partial charge in [0.05, 0.1) is 6.61 Å². The van der Waals surface area contributed by atoms with Crippen molar-refractivity contribution in [2.24, 2.45) is 5.84 Å². The van der Waals surface area contributed by atoms with Gasteiger partial charge in [0, 0.05) is 5.56 Å². The fraction of sp³-hybridized carbons (Fsp3) is 0.533. The van der Waals surface area contributed by atoms with Crippen LogP contribution in [0, 0.1) is 0 Å². The molecular formula is C15H24N2O2. The molecule has 4 heteroatoms. The molecule has 0 bridgehead atoms. The summed E-state index contributed by atoms with van der Waals surface area (Å²) in [5.74, 6) is 5.26. The van der Waals surface area contributed by atoms with E-state index in [1.54, 1.807) is 24.3 Å². The minimum absolute atomic E-state index is 0.313. The standard InChI is InChI=1S/C15H24N2O2/c1-2-3-4-5-6-10-13-19-17(16)15(18)14-11-8-7-9-12-14/h7-9,11-12H,2-6,10,13,16H2,1H3. The predicted octanol–water partition coefficient (Wildman–Crippen LogP) is 3.29. The summed E-state index contributed by atoms with van der Waals surface area (Å²) in [6, 6.07) is 8.89. The number of rotatable bonds is 9. The van der Waals surface area contributed by atoms with Gasteiger partial charge in [-0.15, -0.1) is 5.17 Å². The minimum atomic E-state index is -0.313. The van der Waals surface area contributed by atoms with Gasteiger partial charge in [0.2, 0.25) is 0 Å². The number of carbonyl (C=O) groups excluding carboxylic acids is 1. The van der Waals surface area contributed by atoms with Crippen LogP contribution in [-0.2, 0) is 4.84 Å². The first kappa shape index (κ1) is 15.7. The molecule has 0 aliphatic heterocycles. The predicted molar refractivity (Wildman–Crippen MR) is 76.1 cm³/mol. The maximum Gasteiger partial charge on any atom is 0.292 e. The average Bonchev–Trinajstić information content (AvgIpc) is 2.46. The number of hydrazine groups is 1. The van der Waals surface area contributed by atoms with Crippen molar-refractivity contribution in [3.63, 3.8) is 0 Å². The van der Waals surface area contributed by atoms with Crippen molar-refractivity contribution in [2.45, 2.75) is 45.4 Å². The maximum atomic E-state index is 11.8. The van der Waals surface area contributed by atoms with Crippen molar-refractivity contribution in [3.8, 4) is 0 Å². The van der Waals surface area contributed by atoms with E-state index in [0.29, 0.717) is 12.2 Å². The molecule has 0 aliphatic rings. The molecule has 106 valence electrons. The fourth-order valence-electron chi connectivity index (χ4n) is 1.81. The summed E-state index contributed by atoms with van der Waals surface area (Å²) in [7, 11) is 0. The molecule has 0 saturated carbocycles. The van der Waals surface area contributed by atoms with Crippen LogP contribution in [0.1, 0.15) is 55.8 Å². The van der Waals surface area contributed by atoms with Gasteiger partial charge in [-0.05, 0) is 18.6 Å². The van der Waals surface area contributed by atoms with Crippen molar-refractivity contribution in [1.29, 1.82) is 0 Å². The summed E-state index contributed by atoms with van der Waals surface area (Å²) in [6.45, 7) is 2.69. The molecule has 0 aromatic heterocycles. The normalized spacial score (nSPS) is 10.4. The first-order chi connectivity index (χ1) is 9.25. The summed E-state index contributed by atoms with van der Waals surface area (Å²) in [5, 5.41) is 0.835. The molecule has 2 N–H and O–H groups in total. The second kappa shape index (κ2) is 9.53. The van der Waals surface area contributed by atoms with Crippen LogP contribution in [0.25, 0.3) is 0 Å². The summed E-state index contributed by atoms with van der Waals surface area (Å²) in [6.07, 6.45) is 7.07. The summed E-state index contributed by atoms with van der Waals surface area (Å²) < 4.78 is 0. The Hall–Kier alpha value is -1.39. The molecule has 0 radical (unpaired) electrons. The highest BCUT2D eigenvalue weighted by Crippen LogP contribution is 2.06. The average molecular weight is 264 g/mol. The van der Waals surface area contributed by atoms with E-state index in [2.05, 4.69) is 6.92 Å². The number of nitrogens with two attached hydrogens (primary N) is 1. The highest BCUT2D eigenvalue weighted by atomic mass is 16.7. The molecule has 1 aromatic rings. The highest BCUT2D eigenvalue weighted by Gasteiger charge is 2.11. The van der Waals surface area contributed by atoms with Gasteiger partial charge >= 0.3 is 0 Å². The van der Waals surface area contributed by atoms with Gasteiger partial charge in [0.1, 0.15) is 0 Å². The van der Waals surface area contributed by atoms with E-state index in [1.165, 1.54) is 25.7 Å². The van der Waals surface area contributed by atoms with Crippen molar-refractivity contribution in [2.75, 3.05) is 6.61 Å². The number of carbonyl (C=O) groups is 1. The lowest BCUT2D eigenvalue weighted by Crippen LogP contribution is -2.37. The van der Waals surface area contributed by atoms with Crippen LogP contribution in [0.5, 0.6) is 0 Å². The first-order valence-corrected chi connectivity index (χ1v) is 7.02. The van der Waals surface area contributed by atoms with E-state index >= 15 is 0 Å².